The van der Waals surface area contributed by atoms with Crippen molar-refractivity contribution in [2.45, 2.75) is 38.3 Å². The van der Waals surface area contributed by atoms with Gasteiger partial charge in [-0.05, 0) is 49.9 Å². The highest BCUT2D eigenvalue weighted by Gasteiger charge is 2.35. The summed E-state index contributed by atoms with van der Waals surface area (Å²) in [6.07, 6.45) is 4.50. The third-order valence-corrected chi connectivity index (χ3v) is 6.61. The van der Waals surface area contributed by atoms with E-state index < -0.39 is 5.82 Å². The summed E-state index contributed by atoms with van der Waals surface area (Å²) in [4.78, 5) is 12.4. The number of likely N-dealkylation sites (tertiary alicyclic amines) is 1. The molecule has 162 valence electrons. The maximum atomic E-state index is 14.5. The molecule has 4 rings (SSSR count). The summed E-state index contributed by atoms with van der Waals surface area (Å²) in [7, 11) is 0. The number of benzene rings is 1. The monoisotopic (exact) mass is 452 g/mol. The number of rotatable bonds is 4. The second-order valence-electron chi connectivity index (χ2n) is 8.31. The molecule has 0 radical (unpaired) electrons. The van der Waals surface area contributed by atoms with Crippen LogP contribution in [0.3, 0.4) is 0 Å². The van der Waals surface area contributed by atoms with Crippen LogP contribution in [-0.4, -0.2) is 53.1 Å². The Morgan fingerprint density at radius 1 is 1.10 bits per heavy atom. The molecule has 1 unspecified atom stereocenters. The number of halogens is 3. The first kappa shape index (κ1) is 21.4. The molecule has 2 aliphatic rings. The van der Waals surface area contributed by atoms with Gasteiger partial charge in [-0.25, -0.2) is 9.97 Å². The summed E-state index contributed by atoms with van der Waals surface area (Å²) in [5.74, 6) is 0.196. The second kappa shape index (κ2) is 9.12. The van der Waals surface area contributed by atoms with Crippen molar-refractivity contribution < 1.29 is 4.39 Å². The molecule has 6 nitrogen and oxygen atoms in total. The third kappa shape index (κ3) is 4.74. The van der Waals surface area contributed by atoms with Crippen LogP contribution in [0.2, 0.25) is 10.0 Å². The van der Waals surface area contributed by atoms with Crippen molar-refractivity contribution in [2.75, 3.05) is 42.1 Å². The van der Waals surface area contributed by atoms with Gasteiger partial charge >= 0.3 is 0 Å². The highest BCUT2D eigenvalue weighted by atomic mass is 35.5. The lowest BCUT2D eigenvalue weighted by Gasteiger charge is -2.46. The molecule has 0 spiro atoms. The Bertz CT molecular complexity index is 878. The first-order valence-corrected chi connectivity index (χ1v) is 11.1. The molecule has 1 aromatic heterocycles. The Morgan fingerprint density at radius 2 is 1.87 bits per heavy atom. The van der Waals surface area contributed by atoms with Crippen LogP contribution in [0.5, 0.6) is 0 Å². The minimum Gasteiger partial charge on any atom is -0.381 e. The number of nitrogen functional groups attached to an aromatic ring is 1. The Hall–Kier alpha value is -1.83. The predicted octanol–water partition coefficient (Wildman–Crippen LogP) is 4.30. The zero-order valence-electron chi connectivity index (χ0n) is 17.0. The molecular formula is C21H27Cl2FN6. The maximum absolute atomic E-state index is 14.5. The summed E-state index contributed by atoms with van der Waals surface area (Å²) >= 11 is 12.3. The Kier molecular flexibility index (Phi) is 6.51. The van der Waals surface area contributed by atoms with Crippen molar-refractivity contribution >= 4 is 40.5 Å². The largest absolute Gasteiger partial charge is 0.381 e. The van der Waals surface area contributed by atoms with Crippen molar-refractivity contribution in [1.82, 2.24) is 14.9 Å². The van der Waals surface area contributed by atoms with E-state index in [2.05, 4.69) is 27.1 Å². The molecule has 0 aliphatic carbocycles. The average molecular weight is 453 g/mol. The van der Waals surface area contributed by atoms with Crippen LogP contribution < -0.4 is 16.0 Å². The van der Waals surface area contributed by atoms with Crippen molar-refractivity contribution in [3.63, 3.8) is 0 Å². The fourth-order valence-corrected chi connectivity index (χ4v) is 5.14. The van der Waals surface area contributed by atoms with Gasteiger partial charge in [-0.15, -0.1) is 0 Å². The van der Waals surface area contributed by atoms with E-state index >= 15 is 0 Å². The minimum absolute atomic E-state index is 0.0995. The van der Waals surface area contributed by atoms with E-state index in [0.717, 1.165) is 51.1 Å². The Labute approximate surface area is 186 Å². The molecule has 2 saturated heterocycles. The number of nitrogens with one attached hydrogen (secondary N) is 1. The lowest BCUT2D eigenvalue weighted by molar-refractivity contribution is 0.104. The SMILES string of the molecule is C[C@H]1CCN(c2ncnc(N)c2F)C[C@@H]1N1CCCC(Nc2cc(Cl)cc(Cl)c2)C1. The molecule has 30 heavy (non-hydrogen) atoms. The standard InChI is InChI=1S/C21H27Cl2FN6/c1-13-4-6-30(21-19(24)20(25)26-12-27-21)11-18(13)29-5-2-3-16(10-29)28-17-8-14(22)7-15(23)9-17/h7-9,12-13,16,18,28H,2-6,10-11H2,1H3,(H2,25,26,27)/t13-,16?,18-/m0/s1. The number of piperidine rings is 2. The van der Waals surface area contributed by atoms with Gasteiger partial charge in [-0.1, -0.05) is 30.1 Å². The topological polar surface area (TPSA) is 70.3 Å². The first-order valence-electron chi connectivity index (χ1n) is 10.4. The van der Waals surface area contributed by atoms with Gasteiger partial charge in [0.25, 0.3) is 0 Å². The summed E-state index contributed by atoms with van der Waals surface area (Å²) in [6, 6.07) is 6.17. The number of hydrogen-bond donors (Lipinski definition) is 2. The highest BCUT2D eigenvalue weighted by molar-refractivity contribution is 6.35. The number of hydrogen-bond acceptors (Lipinski definition) is 6. The smallest absolute Gasteiger partial charge is 0.207 e. The molecule has 9 heteroatoms. The lowest BCUT2D eigenvalue weighted by atomic mass is 9.90. The quantitative estimate of drug-likeness (QED) is 0.720. The third-order valence-electron chi connectivity index (χ3n) is 6.17. The van der Waals surface area contributed by atoms with E-state index in [1.807, 2.05) is 17.0 Å². The van der Waals surface area contributed by atoms with Crippen molar-refractivity contribution in [1.29, 1.82) is 0 Å². The van der Waals surface area contributed by atoms with Crippen LogP contribution in [0, 0.1) is 11.7 Å². The van der Waals surface area contributed by atoms with Gasteiger partial charge in [-0.3, -0.25) is 4.90 Å². The summed E-state index contributed by atoms with van der Waals surface area (Å²) < 4.78 is 14.5. The first-order chi connectivity index (χ1) is 14.4. The van der Waals surface area contributed by atoms with Crippen LogP contribution in [0.4, 0.5) is 21.7 Å². The van der Waals surface area contributed by atoms with Crippen LogP contribution in [0.1, 0.15) is 26.2 Å². The van der Waals surface area contributed by atoms with Gasteiger partial charge in [0.15, 0.2) is 11.6 Å². The molecule has 0 amide bonds. The van der Waals surface area contributed by atoms with Crippen molar-refractivity contribution in [3.8, 4) is 0 Å². The summed E-state index contributed by atoms with van der Waals surface area (Å²) in [5, 5.41) is 4.84. The lowest BCUT2D eigenvalue weighted by Crippen LogP contribution is -2.56. The molecule has 3 N–H and O–H groups in total. The zero-order chi connectivity index (χ0) is 21.3. The van der Waals surface area contributed by atoms with E-state index in [-0.39, 0.29) is 5.82 Å². The zero-order valence-corrected chi connectivity index (χ0v) is 18.5. The van der Waals surface area contributed by atoms with Gasteiger partial charge in [0.1, 0.15) is 6.33 Å². The van der Waals surface area contributed by atoms with E-state index in [0.29, 0.717) is 33.9 Å². The minimum atomic E-state index is -0.526. The number of nitrogens with zero attached hydrogens (tertiary/aromatic N) is 4. The average Bonchev–Trinajstić information content (AvgIpc) is 2.70. The summed E-state index contributed by atoms with van der Waals surface area (Å²) in [6.45, 7) is 5.72. The van der Waals surface area contributed by atoms with Crippen molar-refractivity contribution in [2.24, 2.45) is 5.92 Å². The molecule has 2 aromatic rings. The van der Waals surface area contributed by atoms with Gasteiger partial charge in [-0.2, -0.15) is 4.39 Å². The van der Waals surface area contributed by atoms with E-state index in [1.54, 1.807) is 6.07 Å². The molecule has 0 saturated carbocycles. The second-order valence-corrected chi connectivity index (χ2v) is 9.19. The van der Waals surface area contributed by atoms with Gasteiger partial charge in [0.2, 0.25) is 5.82 Å². The number of aromatic nitrogens is 2. The van der Waals surface area contributed by atoms with Crippen LogP contribution >= 0.6 is 23.2 Å². The predicted molar refractivity (Wildman–Crippen MR) is 121 cm³/mol. The van der Waals surface area contributed by atoms with Gasteiger partial charge < -0.3 is 16.0 Å². The number of anilines is 3. The molecule has 2 fully saturated rings. The highest BCUT2D eigenvalue weighted by Crippen LogP contribution is 2.30. The summed E-state index contributed by atoms with van der Waals surface area (Å²) in [5.41, 5.74) is 6.60. The van der Waals surface area contributed by atoms with E-state index in [9.17, 15) is 4.39 Å². The fraction of sp³-hybridized carbons (Fsp3) is 0.524. The van der Waals surface area contributed by atoms with Crippen LogP contribution in [0.15, 0.2) is 24.5 Å². The maximum Gasteiger partial charge on any atom is 0.207 e. The van der Waals surface area contributed by atoms with Crippen molar-refractivity contribution in [3.05, 3.63) is 40.4 Å². The normalized spacial score (nSPS) is 25.3. The molecular weight excluding hydrogens is 426 g/mol. The number of nitrogens with two attached hydrogens (primary N) is 1. The van der Waals surface area contributed by atoms with Crippen LogP contribution in [0.25, 0.3) is 0 Å². The van der Waals surface area contributed by atoms with Crippen LogP contribution in [-0.2, 0) is 0 Å². The molecule has 2 aliphatic heterocycles. The van der Waals surface area contributed by atoms with Gasteiger partial charge in [0.05, 0.1) is 0 Å². The fourth-order valence-electron chi connectivity index (χ4n) is 4.61. The van der Waals surface area contributed by atoms with E-state index in [4.69, 9.17) is 28.9 Å². The molecule has 3 atom stereocenters. The molecule has 3 heterocycles. The Balaban J connectivity index is 1.45. The van der Waals surface area contributed by atoms with E-state index in [1.165, 1.54) is 6.33 Å². The van der Waals surface area contributed by atoms with Gasteiger partial charge in [0, 0.05) is 47.5 Å². The molecule has 0 bridgehead atoms. The molecule has 1 aromatic carbocycles. The Morgan fingerprint density at radius 3 is 2.63 bits per heavy atom.